The molecule has 1 amide bonds. The quantitative estimate of drug-likeness (QED) is 0.756. The number of ether oxygens (including phenoxy) is 2. The van der Waals surface area contributed by atoms with E-state index in [1.165, 1.54) is 0 Å². The van der Waals surface area contributed by atoms with Crippen LogP contribution in [0.5, 0.6) is 11.5 Å². The first-order valence-corrected chi connectivity index (χ1v) is 6.57. The average molecular weight is 266 g/mol. The van der Waals surface area contributed by atoms with Gasteiger partial charge in [0.05, 0.1) is 13.2 Å². The molecule has 19 heavy (non-hydrogen) atoms. The molecule has 0 bridgehead atoms. The van der Waals surface area contributed by atoms with Crippen molar-refractivity contribution in [1.29, 1.82) is 0 Å². The van der Waals surface area contributed by atoms with Crippen LogP contribution in [0.25, 0.3) is 0 Å². The van der Waals surface area contributed by atoms with E-state index in [1.807, 2.05) is 39.0 Å². The molecule has 3 N–H and O–H groups in total. The van der Waals surface area contributed by atoms with Gasteiger partial charge in [0, 0.05) is 11.8 Å². The topological polar surface area (TPSA) is 73.6 Å². The highest BCUT2D eigenvalue weighted by atomic mass is 16.5. The van der Waals surface area contributed by atoms with E-state index in [4.69, 9.17) is 15.2 Å². The summed E-state index contributed by atoms with van der Waals surface area (Å²) in [5.41, 5.74) is 6.10. The summed E-state index contributed by atoms with van der Waals surface area (Å²) in [5, 5.41) is 3.09. The van der Waals surface area contributed by atoms with Crippen LogP contribution < -0.4 is 20.5 Å². The van der Waals surface area contributed by atoms with Crippen molar-refractivity contribution in [3.63, 3.8) is 0 Å². The van der Waals surface area contributed by atoms with Crippen LogP contribution >= 0.6 is 0 Å². The zero-order chi connectivity index (χ0) is 14.3. The Labute approximate surface area is 114 Å². The molecule has 0 aliphatic carbocycles. The molecule has 0 aliphatic heterocycles. The van der Waals surface area contributed by atoms with E-state index >= 15 is 0 Å². The second kappa shape index (κ2) is 7.51. The predicted octanol–water partition coefficient (Wildman–Crippen LogP) is 2.16. The number of primary amides is 1. The molecule has 0 saturated heterocycles. The van der Waals surface area contributed by atoms with Gasteiger partial charge in [-0.3, -0.25) is 4.79 Å². The maximum atomic E-state index is 11.2. The average Bonchev–Trinajstić information content (AvgIpc) is 2.39. The normalized spacial score (nSPS) is 11.7. The lowest BCUT2D eigenvalue weighted by molar-refractivity contribution is -0.118. The Hall–Kier alpha value is -1.91. The molecule has 0 aliphatic rings. The molecule has 5 heteroatoms. The summed E-state index contributed by atoms with van der Waals surface area (Å²) in [7, 11) is 0. The Morgan fingerprint density at radius 3 is 2.37 bits per heavy atom. The lowest BCUT2D eigenvalue weighted by atomic mass is 10.2. The van der Waals surface area contributed by atoms with Gasteiger partial charge in [-0.05, 0) is 32.4 Å². The minimum absolute atomic E-state index is 0.366. The molecular weight excluding hydrogens is 244 g/mol. The third kappa shape index (κ3) is 4.35. The van der Waals surface area contributed by atoms with Crippen LogP contribution in [0.3, 0.4) is 0 Å². The van der Waals surface area contributed by atoms with E-state index in [0.717, 1.165) is 5.69 Å². The van der Waals surface area contributed by atoms with Crippen molar-refractivity contribution in [2.24, 2.45) is 5.73 Å². The Kier molecular flexibility index (Phi) is 5.99. The maximum Gasteiger partial charge on any atom is 0.239 e. The summed E-state index contributed by atoms with van der Waals surface area (Å²) < 4.78 is 11.0. The number of hydrogen-bond donors (Lipinski definition) is 2. The standard InChI is InChI=1S/C14H22N2O3/c1-4-11(14(15)17)16-10-7-8-12(18-5-2)13(9-10)19-6-3/h7-9,11,16H,4-6H2,1-3H3,(H2,15,17). The fourth-order valence-corrected chi connectivity index (χ4v) is 1.72. The first-order chi connectivity index (χ1) is 9.12. The summed E-state index contributed by atoms with van der Waals surface area (Å²) in [6.07, 6.45) is 0.631. The van der Waals surface area contributed by atoms with Gasteiger partial charge in [-0.15, -0.1) is 0 Å². The van der Waals surface area contributed by atoms with Crippen LogP contribution in [-0.4, -0.2) is 25.2 Å². The van der Waals surface area contributed by atoms with Gasteiger partial charge in [-0.2, -0.15) is 0 Å². The van der Waals surface area contributed by atoms with Gasteiger partial charge in [0.2, 0.25) is 5.91 Å². The first kappa shape index (κ1) is 15.1. The van der Waals surface area contributed by atoms with Crippen LogP contribution in [0.1, 0.15) is 27.2 Å². The predicted molar refractivity (Wildman–Crippen MR) is 75.7 cm³/mol. The lowest BCUT2D eigenvalue weighted by Gasteiger charge is -2.17. The van der Waals surface area contributed by atoms with Gasteiger partial charge < -0.3 is 20.5 Å². The molecule has 0 spiro atoms. The van der Waals surface area contributed by atoms with Crippen molar-refractivity contribution in [3.05, 3.63) is 18.2 Å². The lowest BCUT2D eigenvalue weighted by Crippen LogP contribution is -2.34. The van der Waals surface area contributed by atoms with E-state index in [1.54, 1.807) is 0 Å². The summed E-state index contributed by atoms with van der Waals surface area (Å²) in [5.74, 6) is 0.991. The Morgan fingerprint density at radius 2 is 1.84 bits per heavy atom. The van der Waals surface area contributed by atoms with Gasteiger partial charge in [0.25, 0.3) is 0 Å². The van der Waals surface area contributed by atoms with Crippen molar-refractivity contribution >= 4 is 11.6 Å². The van der Waals surface area contributed by atoms with E-state index in [2.05, 4.69) is 5.32 Å². The second-order valence-electron chi connectivity index (χ2n) is 4.04. The van der Waals surface area contributed by atoms with Crippen LogP contribution in [0.15, 0.2) is 18.2 Å². The molecule has 0 aromatic heterocycles. The fourth-order valence-electron chi connectivity index (χ4n) is 1.72. The molecule has 0 radical (unpaired) electrons. The van der Waals surface area contributed by atoms with Gasteiger partial charge in [-0.1, -0.05) is 6.92 Å². The highest BCUT2D eigenvalue weighted by molar-refractivity contribution is 5.83. The van der Waals surface area contributed by atoms with Crippen molar-refractivity contribution in [3.8, 4) is 11.5 Å². The smallest absolute Gasteiger partial charge is 0.239 e. The molecular formula is C14H22N2O3. The van der Waals surface area contributed by atoms with Gasteiger partial charge in [0.1, 0.15) is 6.04 Å². The molecule has 1 atom stereocenters. The van der Waals surface area contributed by atoms with E-state index in [0.29, 0.717) is 31.1 Å². The fraction of sp³-hybridized carbons (Fsp3) is 0.500. The molecule has 1 unspecified atom stereocenters. The molecule has 0 fully saturated rings. The Bertz CT molecular complexity index is 421. The highest BCUT2D eigenvalue weighted by Crippen LogP contribution is 2.30. The molecule has 5 nitrogen and oxygen atoms in total. The maximum absolute atomic E-state index is 11.2. The Balaban J connectivity index is 2.90. The third-order valence-corrected chi connectivity index (χ3v) is 2.64. The molecule has 0 heterocycles. The summed E-state index contributed by atoms with van der Waals surface area (Å²) >= 11 is 0. The number of hydrogen-bond acceptors (Lipinski definition) is 4. The number of carbonyl (C=O) groups excluding carboxylic acids is 1. The monoisotopic (exact) mass is 266 g/mol. The Morgan fingerprint density at radius 1 is 1.21 bits per heavy atom. The summed E-state index contributed by atoms with van der Waals surface area (Å²) in [6, 6.07) is 5.11. The van der Waals surface area contributed by atoms with Crippen LogP contribution in [0.2, 0.25) is 0 Å². The van der Waals surface area contributed by atoms with Crippen molar-refractivity contribution in [2.75, 3.05) is 18.5 Å². The highest BCUT2D eigenvalue weighted by Gasteiger charge is 2.13. The van der Waals surface area contributed by atoms with Gasteiger partial charge in [-0.25, -0.2) is 0 Å². The van der Waals surface area contributed by atoms with E-state index in [-0.39, 0.29) is 11.9 Å². The number of rotatable bonds is 8. The number of anilines is 1. The largest absolute Gasteiger partial charge is 0.490 e. The minimum Gasteiger partial charge on any atom is -0.490 e. The number of amides is 1. The van der Waals surface area contributed by atoms with E-state index < -0.39 is 0 Å². The van der Waals surface area contributed by atoms with Gasteiger partial charge >= 0.3 is 0 Å². The second-order valence-corrected chi connectivity index (χ2v) is 4.04. The summed E-state index contributed by atoms with van der Waals surface area (Å²) in [4.78, 5) is 11.2. The van der Waals surface area contributed by atoms with Crippen LogP contribution in [0, 0.1) is 0 Å². The number of carbonyl (C=O) groups is 1. The van der Waals surface area contributed by atoms with Crippen LogP contribution in [0.4, 0.5) is 5.69 Å². The zero-order valence-corrected chi connectivity index (χ0v) is 11.7. The number of nitrogens with two attached hydrogens (primary N) is 1. The number of benzene rings is 1. The van der Waals surface area contributed by atoms with Crippen molar-refractivity contribution < 1.29 is 14.3 Å². The first-order valence-electron chi connectivity index (χ1n) is 6.57. The molecule has 1 aromatic carbocycles. The third-order valence-electron chi connectivity index (χ3n) is 2.64. The number of nitrogens with one attached hydrogen (secondary N) is 1. The molecule has 106 valence electrons. The van der Waals surface area contributed by atoms with Crippen molar-refractivity contribution in [2.45, 2.75) is 33.2 Å². The summed E-state index contributed by atoms with van der Waals surface area (Å²) in [6.45, 7) is 6.86. The minimum atomic E-state index is -0.382. The molecule has 0 saturated carbocycles. The molecule has 1 aromatic rings. The molecule has 1 rings (SSSR count). The van der Waals surface area contributed by atoms with Crippen LogP contribution in [-0.2, 0) is 4.79 Å². The van der Waals surface area contributed by atoms with E-state index in [9.17, 15) is 4.79 Å². The SMILES string of the molecule is CCOc1ccc(NC(CC)C(N)=O)cc1OCC. The van der Waals surface area contributed by atoms with Gasteiger partial charge in [0.15, 0.2) is 11.5 Å². The zero-order valence-electron chi connectivity index (χ0n) is 11.7. The van der Waals surface area contributed by atoms with Crippen molar-refractivity contribution in [1.82, 2.24) is 0 Å².